The van der Waals surface area contributed by atoms with Crippen LogP contribution in [0.1, 0.15) is 28.4 Å². The normalized spacial score (nSPS) is 14.5. The van der Waals surface area contributed by atoms with E-state index in [1.54, 1.807) is 66.7 Å². The molecule has 178 valence electrons. The van der Waals surface area contributed by atoms with Gasteiger partial charge in [-0.15, -0.1) is 0 Å². The molecule has 0 aliphatic carbocycles. The second-order valence-electron chi connectivity index (χ2n) is 7.38. The van der Waals surface area contributed by atoms with Gasteiger partial charge in [0.2, 0.25) is 0 Å². The lowest BCUT2D eigenvalue weighted by Gasteiger charge is -2.14. The van der Waals surface area contributed by atoms with Crippen LogP contribution in [-0.4, -0.2) is 28.6 Å². The summed E-state index contributed by atoms with van der Waals surface area (Å²) < 4.78 is 12.0. The lowest BCUT2D eigenvalue weighted by Crippen LogP contribution is -2.27. The summed E-state index contributed by atoms with van der Waals surface area (Å²) in [6.07, 6.45) is 1.63. The number of carbonyl (C=O) groups excluding carboxylic acids is 3. The first-order valence-electron chi connectivity index (χ1n) is 10.6. The summed E-state index contributed by atoms with van der Waals surface area (Å²) in [5, 5.41) is 0.126. The number of imide groups is 1. The molecule has 1 heterocycles. The average molecular weight is 620 g/mol. The Bertz CT molecular complexity index is 1330. The summed E-state index contributed by atoms with van der Waals surface area (Å²) in [5.41, 5.74) is 1.75. The maximum atomic E-state index is 13.0. The molecule has 3 aromatic carbocycles. The molecule has 0 saturated carbocycles. The number of esters is 1. The highest BCUT2D eigenvalue weighted by Crippen LogP contribution is 2.38. The number of amides is 2. The van der Waals surface area contributed by atoms with Crippen LogP contribution in [0.2, 0.25) is 5.02 Å². The molecule has 4 rings (SSSR count). The molecule has 0 radical (unpaired) electrons. The topological polar surface area (TPSA) is 72.9 Å². The SMILES string of the molecule is CCOc1cc(/C=C2\SC(=O)N(Cc3ccccc3Cl)C2=O)cc(I)c1OC(=O)c1ccccc1. The molecule has 35 heavy (non-hydrogen) atoms. The molecule has 0 atom stereocenters. The molecule has 3 aromatic rings. The number of carbonyl (C=O) groups is 3. The molecule has 1 saturated heterocycles. The van der Waals surface area contributed by atoms with Crippen molar-refractivity contribution in [2.75, 3.05) is 6.61 Å². The van der Waals surface area contributed by atoms with E-state index in [1.807, 2.05) is 13.0 Å². The first-order valence-corrected chi connectivity index (χ1v) is 12.9. The maximum Gasteiger partial charge on any atom is 0.343 e. The quantitative estimate of drug-likeness (QED) is 0.125. The van der Waals surface area contributed by atoms with Crippen LogP contribution < -0.4 is 9.47 Å². The van der Waals surface area contributed by atoms with Gasteiger partial charge in [0.05, 0.1) is 27.2 Å². The summed E-state index contributed by atoms with van der Waals surface area (Å²) >= 11 is 9.12. The zero-order valence-corrected chi connectivity index (χ0v) is 22.2. The molecule has 0 spiro atoms. The van der Waals surface area contributed by atoms with E-state index in [1.165, 1.54) is 4.90 Å². The van der Waals surface area contributed by atoms with Crippen molar-refractivity contribution in [2.24, 2.45) is 0 Å². The van der Waals surface area contributed by atoms with E-state index in [9.17, 15) is 14.4 Å². The lowest BCUT2D eigenvalue weighted by atomic mass is 10.1. The van der Waals surface area contributed by atoms with E-state index >= 15 is 0 Å². The maximum absolute atomic E-state index is 13.0. The van der Waals surface area contributed by atoms with Gasteiger partial charge in [-0.05, 0) is 88.8 Å². The third kappa shape index (κ3) is 5.88. The third-order valence-electron chi connectivity index (χ3n) is 4.99. The Hall–Kier alpha value is -2.82. The smallest absolute Gasteiger partial charge is 0.343 e. The zero-order valence-electron chi connectivity index (χ0n) is 18.5. The Morgan fingerprint density at radius 3 is 2.51 bits per heavy atom. The monoisotopic (exact) mass is 619 g/mol. The zero-order chi connectivity index (χ0) is 24.9. The van der Waals surface area contributed by atoms with Gasteiger partial charge in [-0.1, -0.05) is 48.0 Å². The van der Waals surface area contributed by atoms with Crippen molar-refractivity contribution in [3.8, 4) is 11.5 Å². The minimum absolute atomic E-state index is 0.0950. The van der Waals surface area contributed by atoms with Gasteiger partial charge in [0.15, 0.2) is 11.5 Å². The lowest BCUT2D eigenvalue weighted by molar-refractivity contribution is -0.123. The van der Waals surface area contributed by atoms with Crippen molar-refractivity contribution in [3.63, 3.8) is 0 Å². The molecule has 0 bridgehead atoms. The van der Waals surface area contributed by atoms with Gasteiger partial charge < -0.3 is 9.47 Å². The minimum Gasteiger partial charge on any atom is -0.490 e. The fraction of sp³-hybridized carbons (Fsp3) is 0.115. The summed E-state index contributed by atoms with van der Waals surface area (Å²) in [4.78, 5) is 39.6. The molecule has 0 aromatic heterocycles. The van der Waals surface area contributed by atoms with Crippen molar-refractivity contribution in [1.29, 1.82) is 0 Å². The standard InChI is InChI=1S/C26H19ClINO5S/c1-2-33-21-13-16(12-20(28)23(21)34-25(31)17-8-4-3-5-9-17)14-22-24(30)29(26(32)35-22)15-18-10-6-7-11-19(18)27/h3-14H,2,15H2,1H3/b22-14-. The Morgan fingerprint density at radius 1 is 1.09 bits per heavy atom. The van der Waals surface area contributed by atoms with Crippen LogP contribution in [0.3, 0.4) is 0 Å². The largest absolute Gasteiger partial charge is 0.490 e. The first-order chi connectivity index (χ1) is 16.9. The van der Waals surface area contributed by atoms with Gasteiger partial charge >= 0.3 is 5.97 Å². The Morgan fingerprint density at radius 2 is 1.80 bits per heavy atom. The molecular formula is C26H19ClINO5S. The van der Waals surface area contributed by atoms with Crippen molar-refractivity contribution in [2.45, 2.75) is 13.5 Å². The summed E-state index contributed by atoms with van der Waals surface area (Å²) in [6, 6.07) is 19.2. The number of hydrogen-bond acceptors (Lipinski definition) is 6. The summed E-state index contributed by atoms with van der Waals surface area (Å²) in [5.74, 6) is -0.235. The van der Waals surface area contributed by atoms with E-state index in [-0.39, 0.29) is 16.7 Å². The molecule has 6 nitrogen and oxygen atoms in total. The van der Waals surface area contributed by atoms with Gasteiger partial charge in [-0.3, -0.25) is 14.5 Å². The molecule has 2 amide bonds. The number of ether oxygens (including phenoxy) is 2. The van der Waals surface area contributed by atoms with Crippen molar-refractivity contribution >= 4 is 69.1 Å². The van der Waals surface area contributed by atoms with E-state index in [0.29, 0.717) is 43.4 Å². The second kappa shape index (κ2) is 11.3. The molecule has 9 heteroatoms. The summed E-state index contributed by atoms with van der Waals surface area (Å²) in [6.45, 7) is 2.27. The summed E-state index contributed by atoms with van der Waals surface area (Å²) in [7, 11) is 0. The molecule has 1 fully saturated rings. The van der Waals surface area contributed by atoms with Crippen LogP contribution in [0.4, 0.5) is 4.79 Å². The van der Waals surface area contributed by atoms with Gasteiger partial charge in [-0.25, -0.2) is 4.79 Å². The van der Waals surface area contributed by atoms with E-state index in [4.69, 9.17) is 21.1 Å². The van der Waals surface area contributed by atoms with E-state index in [0.717, 1.165) is 11.8 Å². The van der Waals surface area contributed by atoms with Crippen LogP contribution in [0.5, 0.6) is 11.5 Å². The van der Waals surface area contributed by atoms with Gasteiger partial charge in [0.1, 0.15) is 0 Å². The number of hydrogen-bond donors (Lipinski definition) is 0. The van der Waals surface area contributed by atoms with Gasteiger partial charge in [-0.2, -0.15) is 0 Å². The number of thioether (sulfide) groups is 1. The van der Waals surface area contributed by atoms with Crippen molar-refractivity contribution in [1.82, 2.24) is 4.90 Å². The Kier molecular flexibility index (Phi) is 8.15. The molecule has 0 unspecified atom stereocenters. The number of benzene rings is 3. The van der Waals surface area contributed by atoms with Crippen LogP contribution in [0.15, 0.2) is 71.6 Å². The van der Waals surface area contributed by atoms with Crippen LogP contribution >= 0.6 is 46.0 Å². The Labute approximate surface area is 225 Å². The molecule has 1 aliphatic heterocycles. The second-order valence-corrected chi connectivity index (χ2v) is 9.94. The highest BCUT2D eigenvalue weighted by atomic mass is 127. The minimum atomic E-state index is -0.502. The highest BCUT2D eigenvalue weighted by molar-refractivity contribution is 14.1. The molecule has 0 N–H and O–H groups in total. The fourth-order valence-corrected chi connectivity index (χ4v) is 5.11. The average Bonchev–Trinajstić information content (AvgIpc) is 3.10. The fourth-order valence-electron chi connectivity index (χ4n) is 3.34. The molecular weight excluding hydrogens is 601 g/mol. The Balaban J connectivity index is 1.59. The number of rotatable bonds is 7. The van der Waals surface area contributed by atoms with Crippen molar-refractivity contribution < 1.29 is 23.9 Å². The predicted octanol–water partition coefficient (Wildman–Crippen LogP) is 6.80. The van der Waals surface area contributed by atoms with E-state index in [2.05, 4.69) is 22.6 Å². The van der Waals surface area contributed by atoms with Gasteiger partial charge in [0.25, 0.3) is 11.1 Å². The van der Waals surface area contributed by atoms with Gasteiger partial charge in [0, 0.05) is 5.02 Å². The number of halogens is 2. The predicted molar refractivity (Wildman–Crippen MR) is 145 cm³/mol. The highest BCUT2D eigenvalue weighted by Gasteiger charge is 2.35. The molecule has 1 aliphatic rings. The number of nitrogens with zero attached hydrogens (tertiary/aromatic N) is 1. The van der Waals surface area contributed by atoms with Crippen LogP contribution in [0, 0.1) is 3.57 Å². The van der Waals surface area contributed by atoms with Crippen molar-refractivity contribution in [3.05, 3.63) is 96.9 Å². The first kappa shape index (κ1) is 25.3. The third-order valence-corrected chi connectivity index (χ3v) is 7.07. The van der Waals surface area contributed by atoms with Crippen LogP contribution in [-0.2, 0) is 11.3 Å². The van der Waals surface area contributed by atoms with Crippen LogP contribution in [0.25, 0.3) is 6.08 Å². The van der Waals surface area contributed by atoms with E-state index < -0.39 is 11.9 Å².